The number of nitrogens with one attached hydrogen (secondary N) is 2. The van der Waals surface area contributed by atoms with Gasteiger partial charge in [-0.15, -0.1) is 0 Å². The summed E-state index contributed by atoms with van der Waals surface area (Å²) in [6, 6.07) is 11.2. The zero-order valence-electron chi connectivity index (χ0n) is 16.2. The molecule has 1 aromatic heterocycles. The average Bonchev–Trinajstić information content (AvgIpc) is 2.72. The largest absolute Gasteiger partial charge is 0.481 e. The van der Waals surface area contributed by atoms with Crippen molar-refractivity contribution in [1.82, 2.24) is 9.97 Å². The molecule has 0 radical (unpaired) electrons. The lowest BCUT2D eigenvalue weighted by Gasteiger charge is -2.10. The molecule has 1 heterocycles. The molecule has 0 spiro atoms. The van der Waals surface area contributed by atoms with Crippen LogP contribution < -0.4 is 19.5 Å². The van der Waals surface area contributed by atoms with Gasteiger partial charge in [-0.1, -0.05) is 23.2 Å². The van der Waals surface area contributed by atoms with Gasteiger partial charge in [0.25, 0.3) is 15.9 Å². The second-order valence-corrected chi connectivity index (χ2v) is 8.58. The van der Waals surface area contributed by atoms with Gasteiger partial charge in [-0.3, -0.25) is 9.52 Å². The fraction of sp³-hybridized carbons (Fsp3) is 0.105. The first-order chi connectivity index (χ1) is 14.7. The quantitative estimate of drug-likeness (QED) is 0.524. The van der Waals surface area contributed by atoms with E-state index in [0.29, 0.717) is 15.7 Å². The van der Waals surface area contributed by atoms with E-state index in [4.69, 9.17) is 32.7 Å². The molecule has 3 rings (SSSR count). The fourth-order valence-electron chi connectivity index (χ4n) is 2.45. The van der Waals surface area contributed by atoms with Crippen molar-refractivity contribution in [1.29, 1.82) is 0 Å². The van der Waals surface area contributed by atoms with Crippen LogP contribution in [-0.2, 0) is 10.0 Å². The van der Waals surface area contributed by atoms with E-state index < -0.39 is 15.9 Å². The molecular formula is C19H16Cl2N4O5S. The lowest BCUT2D eigenvalue weighted by Crippen LogP contribution is -2.15. The van der Waals surface area contributed by atoms with Crippen LogP contribution in [0.25, 0.3) is 0 Å². The highest BCUT2D eigenvalue weighted by molar-refractivity contribution is 7.92. The molecule has 0 aliphatic carbocycles. The number of sulfonamides is 1. The minimum absolute atomic E-state index is 0.0288. The molecule has 9 nitrogen and oxygen atoms in total. The first-order valence-electron chi connectivity index (χ1n) is 8.57. The number of carbonyl (C=O) groups is 1. The minimum Gasteiger partial charge on any atom is -0.481 e. The highest BCUT2D eigenvalue weighted by atomic mass is 35.5. The smallest absolute Gasteiger partial charge is 0.321 e. The summed E-state index contributed by atoms with van der Waals surface area (Å²) in [5, 5.41) is 3.29. The van der Waals surface area contributed by atoms with Crippen molar-refractivity contribution in [2.45, 2.75) is 4.90 Å². The van der Waals surface area contributed by atoms with Gasteiger partial charge in [-0.2, -0.15) is 9.97 Å². The van der Waals surface area contributed by atoms with Gasteiger partial charge < -0.3 is 14.8 Å². The van der Waals surface area contributed by atoms with E-state index in [1.807, 2.05) is 0 Å². The van der Waals surface area contributed by atoms with Gasteiger partial charge in [0.15, 0.2) is 5.82 Å². The van der Waals surface area contributed by atoms with Gasteiger partial charge >= 0.3 is 6.01 Å². The fourth-order valence-corrected chi connectivity index (χ4v) is 3.97. The molecule has 0 saturated carbocycles. The summed E-state index contributed by atoms with van der Waals surface area (Å²) in [6.45, 7) is 0. The Balaban J connectivity index is 1.76. The zero-order chi connectivity index (χ0) is 22.6. The molecule has 0 atom stereocenters. The molecule has 2 aromatic carbocycles. The molecule has 0 aliphatic heterocycles. The predicted molar refractivity (Wildman–Crippen MR) is 117 cm³/mol. The highest BCUT2D eigenvalue weighted by Gasteiger charge is 2.17. The third-order valence-corrected chi connectivity index (χ3v) is 5.67. The Morgan fingerprint density at radius 3 is 2.16 bits per heavy atom. The van der Waals surface area contributed by atoms with Crippen molar-refractivity contribution in [3.05, 3.63) is 64.1 Å². The van der Waals surface area contributed by atoms with Gasteiger partial charge in [0, 0.05) is 27.4 Å². The number of anilines is 2. The van der Waals surface area contributed by atoms with Crippen LogP contribution in [0.1, 0.15) is 10.4 Å². The summed E-state index contributed by atoms with van der Waals surface area (Å²) >= 11 is 11.8. The average molecular weight is 483 g/mol. The van der Waals surface area contributed by atoms with Crippen LogP contribution in [0, 0.1) is 0 Å². The second kappa shape index (κ2) is 9.38. The summed E-state index contributed by atoms with van der Waals surface area (Å²) in [5.41, 5.74) is 0.646. The Morgan fingerprint density at radius 1 is 0.935 bits per heavy atom. The number of rotatable bonds is 7. The van der Waals surface area contributed by atoms with E-state index in [1.165, 1.54) is 62.8 Å². The second-order valence-electron chi connectivity index (χ2n) is 6.02. The third-order valence-electron chi connectivity index (χ3n) is 3.86. The Hall–Kier alpha value is -3.08. The van der Waals surface area contributed by atoms with Crippen molar-refractivity contribution in [2.24, 2.45) is 0 Å². The van der Waals surface area contributed by atoms with Crippen molar-refractivity contribution >= 4 is 50.6 Å². The molecule has 0 unspecified atom stereocenters. The molecule has 31 heavy (non-hydrogen) atoms. The highest BCUT2D eigenvalue weighted by Crippen LogP contribution is 2.23. The first kappa shape index (κ1) is 22.6. The van der Waals surface area contributed by atoms with Crippen molar-refractivity contribution in [2.75, 3.05) is 24.3 Å². The number of hydrogen-bond donors (Lipinski definition) is 2. The first-order valence-corrected chi connectivity index (χ1v) is 10.8. The Kier molecular flexibility index (Phi) is 6.84. The SMILES string of the molecule is COc1cc(NS(=O)(=O)c2ccc(NC(=O)c3cc(Cl)cc(Cl)c3)cc2)nc(OC)n1. The molecule has 162 valence electrons. The standard InChI is InChI=1S/C19H16Cl2N4O5S/c1-29-17-10-16(23-19(24-17)30-2)25-31(27,28)15-5-3-14(4-6-15)22-18(26)11-7-12(20)9-13(21)8-11/h3-10H,1-2H3,(H,22,26)(H,23,24,25). The van der Waals surface area contributed by atoms with Crippen molar-refractivity contribution in [3.8, 4) is 11.9 Å². The minimum atomic E-state index is -3.97. The van der Waals surface area contributed by atoms with Crippen LogP contribution in [0.4, 0.5) is 11.5 Å². The third kappa shape index (κ3) is 5.75. The Labute approximate surface area is 188 Å². The molecule has 0 bridgehead atoms. The number of amides is 1. The topological polar surface area (TPSA) is 120 Å². The maximum absolute atomic E-state index is 12.7. The predicted octanol–water partition coefficient (Wildman–Crippen LogP) is 3.85. The van der Waals surface area contributed by atoms with E-state index >= 15 is 0 Å². The van der Waals surface area contributed by atoms with E-state index in [1.54, 1.807) is 0 Å². The molecule has 2 N–H and O–H groups in total. The Bertz CT molecular complexity index is 1180. The van der Waals surface area contributed by atoms with Crippen LogP contribution in [-0.4, -0.2) is 38.5 Å². The summed E-state index contributed by atoms with van der Waals surface area (Å²) < 4.78 is 37.6. The number of aromatic nitrogens is 2. The monoisotopic (exact) mass is 482 g/mol. The van der Waals surface area contributed by atoms with Gasteiger partial charge in [0.1, 0.15) is 0 Å². The van der Waals surface area contributed by atoms with Crippen LogP contribution in [0.5, 0.6) is 11.9 Å². The molecular weight excluding hydrogens is 467 g/mol. The van der Waals surface area contributed by atoms with Crippen LogP contribution in [0.15, 0.2) is 53.4 Å². The van der Waals surface area contributed by atoms with Crippen LogP contribution >= 0.6 is 23.2 Å². The van der Waals surface area contributed by atoms with E-state index in [2.05, 4.69) is 20.0 Å². The number of carbonyl (C=O) groups excluding carboxylic acids is 1. The summed E-state index contributed by atoms with van der Waals surface area (Å²) in [4.78, 5) is 20.2. The number of hydrogen-bond acceptors (Lipinski definition) is 7. The van der Waals surface area contributed by atoms with Crippen molar-refractivity contribution in [3.63, 3.8) is 0 Å². The number of halogens is 2. The van der Waals surface area contributed by atoms with Crippen LogP contribution in [0.2, 0.25) is 10.0 Å². The molecule has 12 heteroatoms. The summed E-state index contributed by atoms with van der Waals surface area (Å²) in [6.07, 6.45) is 0. The number of benzene rings is 2. The van der Waals surface area contributed by atoms with E-state index in [9.17, 15) is 13.2 Å². The van der Waals surface area contributed by atoms with E-state index in [-0.39, 0.29) is 28.2 Å². The Morgan fingerprint density at radius 2 is 1.58 bits per heavy atom. The maximum Gasteiger partial charge on any atom is 0.321 e. The normalized spacial score (nSPS) is 11.0. The van der Waals surface area contributed by atoms with Gasteiger partial charge in [0.2, 0.25) is 5.88 Å². The molecule has 3 aromatic rings. The molecule has 0 saturated heterocycles. The van der Waals surface area contributed by atoms with Crippen molar-refractivity contribution < 1.29 is 22.7 Å². The lowest BCUT2D eigenvalue weighted by atomic mass is 10.2. The lowest BCUT2D eigenvalue weighted by molar-refractivity contribution is 0.102. The zero-order valence-corrected chi connectivity index (χ0v) is 18.5. The summed E-state index contributed by atoms with van der Waals surface area (Å²) in [7, 11) is -1.25. The number of methoxy groups -OCH3 is 2. The van der Waals surface area contributed by atoms with E-state index in [0.717, 1.165) is 0 Å². The van der Waals surface area contributed by atoms with Crippen LogP contribution in [0.3, 0.4) is 0 Å². The van der Waals surface area contributed by atoms with Gasteiger partial charge in [0.05, 0.1) is 19.1 Å². The molecule has 0 fully saturated rings. The molecule has 0 aliphatic rings. The van der Waals surface area contributed by atoms with Gasteiger partial charge in [-0.25, -0.2) is 8.42 Å². The number of nitrogens with zero attached hydrogens (tertiary/aromatic N) is 2. The number of ether oxygens (including phenoxy) is 2. The van der Waals surface area contributed by atoms with Gasteiger partial charge in [-0.05, 0) is 42.5 Å². The molecule has 1 amide bonds. The maximum atomic E-state index is 12.7. The summed E-state index contributed by atoms with van der Waals surface area (Å²) in [5.74, 6) is -0.346.